The summed E-state index contributed by atoms with van der Waals surface area (Å²) in [5, 5.41) is 37.0. The summed E-state index contributed by atoms with van der Waals surface area (Å²) in [6, 6.07) is -2.26. The van der Waals surface area contributed by atoms with E-state index in [1.54, 1.807) is 0 Å². The molecule has 0 aromatic carbocycles. The third-order valence-corrected chi connectivity index (χ3v) is 5.50. The second kappa shape index (κ2) is 18.8. The molecule has 0 spiro atoms. The summed E-state index contributed by atoms with van der Waals surface area (Å²) < 4.78 is 20.7. The Morgan fingerprint density at radius 3 is 2.25 bits per heavy atom. The average molecular weight is 574 g/mol. The van der Waals surface area contributed by atoms with Gasteiger partial charge in [0.1, 0.15) is 43.6 Å². The summed E-state index contributed by atoms with van der Waals surface area (Å²) in [5.74, 6) is -3.00. The normalized spacial score (nSPS) is 22.8. The summed E-state index contributed by atoms with van der Waals surface area (Å²) in [6.45, 7) is 7.24. The maximum Gasteiger partial charge on any atom is 0.328 e. The Labute approximate surface area is 231 Å². The minimum Gasteiger partial charge on any atom is -0.461 e. The maximum atomic E-state index is 12.3. The van der Waals surface area contributed by atoms with Gasteiger partial charge in [-0.15, -0.1) is 0 Å². The van der Waals surface area contributed by atoms with Crippen LogP contribution in [0.5, 0.6) is 0 Å². The lowest BCUT2D eigenvalue weighted by Gasteiger charge is -2.42. The molecule has 15 heteroatoms. The Balaban J connectivity index is 2.50. The number of hydrogen-bond acceptors (Lipinski definition) is 12. The molecule has 1 unspecified atom stereocenters. The van der Waals surface area contributed by atoms with Crippen LogP contribution in [0.1, 0.15) is 32.6 Å². The van der Waals surface area contributed by atoms with Crippen molar-refractivity contribution in [3.63, 3.8) is 0 Å². The Morgan fingerprint density at radius 1 is 0.975 bits per heavy atom. The van der Waals surface area contributed by atoms with Crippen LogP contribution in [0.15, 0.2) is 25.3 Å². The predicted molar refractivity (Wildman–Crippen MR) is 137 cm³/mol. The average Bonchev–Trinajstić information content (AvgIpc) is 2.92. The molecule has 1 heterocycles. The molecule has 0 aromatic heterocycles. The van der Waals surface area contributed by atoms with Crippen LogP contribution >= 0.6 is 0 Å². The van der Waals surface area contributed by atoms with Gasteiger partial charge in [-0.3, -0.25) is 19.2 Å². The molecule has 1 fully saturated rings. The van der Waals surface area contributed by atoms with E-state index in [1.165, 1.54) is 19.1 Å². The highest BCUT2D eigenvalue weighted by atomic mass is 16.7. The van der Waals surface area contributed by atoms with Crippen LogP contribution in [0.3, 0.4) is 0 Å². The van der Waals surface area contributed by atoms with Gasteiger partial charge in [0.25, 0.3) is 0 Å². The van der Waals surface area contributed by atoms with Crippen LogP contribution in [0, 0.1) is 0 Å². The van der Waals surface area contributed by atoms with Gasteiger partial charge in [0.15, 0.2) is 6.29 Å². The molecule has 1 rings (SSSR count). The molecule has 3 amide bonds. The number of rotatable bonds is 18. The Kier molecular flexibility index (Phi) is 16.3. The molecule has 0 aromatic rings. The molecule has 226 valence electrons. The van der Waals surface area contributed by atoms with E-state index >= 15 is 0 Å². The first-order chi connectivity index (χ1) is 19.0. The molecule has 1 saturated heterocycles. The van der Waals surface area contributed by atoms with Crippen LogP contribution in [0.2, 0.25) is 0 Å². The zero-order chi connectivity index (χ0) is 30.1. The zero-order valence-corrected chi connectivity index (χ0v) is 22.4. The van der Waals surface area contributed by atoms with Gasteiger partial charge >= 0.3 is 11.9 Å². The van der Waals surface area contributed by atoms with Crippen molar-refractivity contribution in [1.29, 1.82) is 0 Å². The van der Waals surface area contributed by atoms with Crippen LogP contribution < -0.4 is 16.0 Å². The number of amides is 3. The van der Waals surface area contributed by atoms with E-state index < -0.39 is 73.0 Å². The Morgan fingerprint density at radius 2 is 1.62 bits per heavy atom. The largest absolute Gasteiger partial charge is 0.461 e. The summed E-state index contributed by atoms with van der Waals surface area (Å²) in [7, 11) is 0. The summed E-state index contributed by atoms with van der Waals surface area (Å²) in [6.07, 6.45) is -3.28. The lowest BCUT2D eigenvalue weighted by atomic mass is 9.97. The molecule has 6 N–H and O–H groups in total. The molecule has 0 radical (unpaired) electrons. The van der Waals surface area contributed by atoms with Crippen LogP contribution in [0.25, 0.3) is 0 Å². The van der Waals surface area contributed by atoms with E-state index in [0.717, 1.165) is 0 Å². The van der Waals surface area contributed by atoms with Gasteiger partial charge in [0.05, 0.1) is 13.2 Å². The first kappa shape index (κ1) is 34.7. The van der Waals surface area contributed by atoms with Gasteiger partial charge in [0.2, 0.25) is 17.7 Å². The van der Waals surface area contributed by atoms with Gasteiger partial charge in [-0.2, -0.15) is 0 Å². The first-order valence-electron chi connectivity index (χ1n) is 12.6. The number of carbonyl (C=O) groups is 5. The number of nitrogens with one attached hydrogen (secondary N) is 3. The molecular weight excluding hydrogens is 534 g/mol. The molecule has 40 heavy (non-hydrogen) atoms. The van der Waals surface area contributed by atoms with E-state index in [-0.39, 0.29) is 52.0 Å². The fourth-order valence-corrected chi connectivity index (χ4v) is 3.54. The van der Waals surface area contributed by atoms with Crippen molar-refractivity contribution in [2.24, 2.45) is 0 Å². The highest BCUT2D eigenvalue weighted by Gasteiger charge is 2.45. The molecule has 15 nitrogen and oxygen atoms in total. The second-order valence-corrected chi connectivity index (χ2v) is 8.70. The number of aliphatic hydroxyl groups excluding tert-OH is 3. The van der Waals surface area contributed by atoms with E-state index in [9.17, 15) is 39.3 Å². The molecule has 0 bridgehead atoms. The Hall–Kier alpha value is -3.37. The van der Waals surface area contributed by atoms with Crippen LogP contribution in [0.4, 0.5) is 0 Å². The van der Waals surface area contributed by atoms with Gasteiger partial charge in [0, 0.05) is 32.7 Å². The number of hydrogen-bond donors (Lipinski definition) is 6. The van der Waals surface area contributed by atoms with E-state index in [2.05, 4.69) is 29.1 Å². The van der Waals surface area contributed by atoms with E-state index in [0.29, 0.717) is 0 Å². The lowest BCUT2D eigenvalue weighted by Crippen LogP contribution is -2.64. The standard InChI is InChI=1S/C25H39N3O12/c1-4-11-37-20(33)9-6-16(24(36)38-12-5-2)28-19(32)8-7-18(31)26-10-13-39-25-21(27-15(3)30)23(35)22(34)17(14-29)40-25/h4-5,16-17,21-23,25,29,34-35H,1-2,6-14H2,3H3,(H,26,31)(H,27,30)(H,28,32)/t16?,17-,21-,22+,23-,25-/m1/s1. The third-order valence-electron chi connectivity index (χ3n) is 5.50. The first-order valence-corrected chi connectivity index (χ1v) is 12.6. The van der Waals surface area contributed by atoms with E-state index in [4.69, 9.17) is 18.9 Å². The van der Waals surface area contributed by atoms with Crippen LogP contribution in [-0.2, 0) is 42.9 Å². The minimum absolute atomic E-state index is 0.00867. The monoisotopic (exact) mass is 573 g/mol. The van der Waals surface area contributed by atoms with Crippen molar-refractivity contribution in [2.45, 2.75) is 69.3 Å². The Bertz CT molecular complexity index is 883. The number of esters is 2. The van der Waals surface area contributed by atoms with Gasteiger partial charge < -0.3 is 50.2 Å². The SMILES string of the molecule is C=CCOC(=O)CCC(NC(=O)CCC(=O)NCCO[C@@H]1O[C@H](CO)[C@H](O)[C@H](O)[C@H]1NC(C)=O)C(=O)OCC=C. The molecule has 0 aliphatic carbocycles. The van der Waals surface area contributed by atoms with Crippen molar-refractivity contribution >= 4 is 29.7 Å². The quantitative estimate of drug-likeness (QED) is 0.0573. The van der Waals surface area contributed by atoms with Crippen LogP contribution in [-0.4, -0.2) is 115 Å². The molecule has 1 aliphatic heterocycles. The van der Waals surface area contributed by atoms with Gasteiger partial charge in [-0.05, 0) is 6.42 Å². The third kappa shape index (κ3) is 12.7. The zero-order valence-electron chi connectivity index (χ0n) is 22.4. The van der Waals surface area contributed by atoms with Crippen molar-refractivity contribution in [2.75, 3.05) is 33.0 Å². The fourth-order valence-electron chi connectivity index (χ4n) is 3.54. The lowest BCUT2D eigenvalue weighted by molar-refractivity contribution is -0.269. The van der Waals surface area contributed by atoms with Crippen molar-refractivity contribution < 1.29 is 58.2 Å². The second-order valence-electron chi connectivity index (χ2n) is 8.70. The minimum atomic E-state index is -1.47. The van der Waals surface area contributed by atoms with Gasteiger partial charge in [-0.1, -0.05) is 25.3 Å². The van der Waals surface area contributed by atoms with Crippen molar-refractivity contribution in [1.82, 2.24) is 16.0 Å². The summed E-state index contributed by atoms with van der Waals surface area (Å²) in [4.78, 5) is 59.9. The topological polar surface area (TPSA) is 219 Å². The molecule has 0 saturated carbocycles. The molecule has 1 aliphatic rings. The number of aliphatic hydroxyl groups is 3. The highest BCUT2D eigenvalue weighted by Crippen LogP contribution is 2.22. The predicted octanol–water partition coefficient (Wildman–Crippen LogP) is -2.43. The summed E-state index contributed by atoms with van der Waals surface area (Å²) >= 11 is 0. The highest BCUT2D eigenvalue weighted by molar-refractivity contribution is 5.87. The maximum absolute atomic E-state index is 12.3. The fraction of sp³-hybridized carbons (Fsp3) is 0.640. The number of carbonyl (C=O) groups excluding carboxylic acids is 5. The number of ether oxygens (including phenoxy) is 4. The van der Waals surface area contributed by atoms with Gasteiger partial charge in [-0.25, -0.2) is 4.79 Å². The van der Waals surface area contributed by atoms with E-state index in [1.807, 2.05) is 0 Å². The molecule has 6 atom stereocenters. The summed E-state index contributed by atoms with van der Waals surface area (Å²) in [5.41, 5.74) is 0. The van der Waals surface area contributed by atoms with Crippen molar-refractivity contribution in [3.05, 3.63) is 25.3 Å². The molecular formula is C25H39N3O12. The smallest absolute Gasteiger partial charge is 0.328 e. The van der Waals surface area contributed by atoms with Crippen molar-refractivity contribution in [3.8, 4) is 0 Å².